The van der Waals surface area contributed by atoms with Gasteiger partial charge in [-0.25, -0.2) is 0 Å². The molecule has 0 atom stereocenters. The zero-order valence-electron chi connectivity index (χ0n) is 11.6. The molecule has 0 saturated carbocycles. The first kappa shape index (κ1) is 13.6. The van der Waals surface area contributed by atoms with Crippen LogP contribution in [0.15, 0.2) is 42.5 Å². The quantitative estimate of drug-likeness (QED) is 0.702. The number of hydrogen-bond acceptors (Lipinski definition) is 1. The highest BCUT2D eigenvalue weighted by Gasteiger charge is 2.05. The summed E-state index contributed by atoms with van der Waals surface area (Å²) in [7, 11) is 4.17. The van der Waals surface area contributed by atoms with Gasteiger partial charge in [-0.3, -0.25) is 0 Å². The molecule has 0 spiro atoms. The van der Waals surface area contributed by atoms with E-state index in [1.807, 2.05) is 0 Å². The fourth-order valence-corrected chi connectivity index (χ4v) is 1.71. The van der Waals surface area contributed by atoms with Crippen LogP contribution < -0.4 is 0 Å². The standard InChI is InChI=1S/C16H23N/c1-13(2)9-8-12-16(17(4)5)15-11-7-6-10-14(15)3/h6-13H,1-5H3/b9-8+,16-12-. The molecule has 1 nitrogen and oxygen atoms in total. The van der Waals surface area contributed by atoms with Crippen LogP contribution in [-0.4, -0.2) is 19.0 Å². The Morgan fingerprint density at radius 1 is 1.18 bits per heavy atom. The lowest BCUT2D eigenvalue weighted by Crippen LogP contribution is -2.10. The zero-order valence-corrected chi connectivity index (χ0v) is 11.6. The van der Waals surface area contributed by atoms with E-state index in [0.29, 0.717) is 5.92 Å². The number of aryl methyl sites for hydroxylation is 1. The maximum atomic E-state index is 2.21. The Balaban J connectivity index is 3.06. The average Bonchev–Trinajstić information content (AvgIpc) is 2.25. The molecule has 0 aliphatic rings. The lowest BCUT2D eigenvalue weighted by atomic mass is 10.0. The second kappa shape index (κ2) is 6.29. The van der Waals surface area contributed by atoms with Crippen molar-refractivity contribution in [1.82, 2.24) is 4.90 Å². The van der Waals surface area contributed by atoms with Crippen LogP contribution in [0.25, 0.3) is 5.70 Å². The van der Waals surface area contributed by atoms with E-state index in [9.17, 15) is 0 Å². The molecule has 0 aliphatic heterocycles. The highest BCUT2D eigenvalue weighted by atomic mass is 15.1. The topological polar surface area (TPSA) is 3.24 Å². The summed E-state index contributed by atoms with van der Waals surface area (Å²) < 4.78 is 0. The largest absolute Gasteiger partial charge is 0.377 e. The molecule has 1 aromatic rings. The summed E-state index contributed by atoms with van der Waals surface area (Å²) >= 11 is 0. The second-order valence-electron chi connectivity index (χ2n) is 4.89. The number of benzene rings is 1. The first-order valence-corrected chi connectivity index (χ1v) is 6.14. The van der Waals surface area contributed by atoms with Crippen LogP contribution in [0.1, 0.15) is 25.0 Å². The van der Waals surface area contributed by atoms with E-state index in [0.717, 1.165) is 0 Å². The maximum Gasteiger partial charge on any atom is 0.0437 e. The highest BCUT2D eigenvalue weighted by Crippen LogP contribution is 2.20. The van der Waals surface area contributed by atoms with Gasteiger partial charge in [0, 0.05) is 25.4 Å². The van der Waals surface area contributed by atoms with Gasteiger partial charge in [-0.15, -0.1) is 0 Å². The lowest BCUT2D eigenvalue weighted by molar-refractivity contribution is 0.591. The molecule has 0 amide bonds. The molecule has 17 heavy (non-hydrogen) atoms. The Hall–Kier alpha value is -1.50. The molecule has 0 aromatic heterocycles. The molecule has 0 bridgehead atoms. The van der Waals surface area contributed by atoms with Gasteiger partial charge >= 0.3 is 0 Å². The van der Waals surface area contributed by atoms with E-state index in [4.69, 9.17) is 0 Å². The van der Waals surface area contributed by atoms with Crippen LogP contribution in [0, 0.1) is 12.8 Å². The molecule has 1 heteroatoms. The van der Waals surface area contributed by atoms with Crippen molar-refractivity contribution in [2.75, 3.05) is 14.1 Å². The molecule has 0 aliphatic carbocycles. The minimum atomic E-state index is 0.589. The van der Waals surface area contributed by atoms with Crippen LogP contribution in [-0.2, 0) is 0 Å². The summed E-state index contributed by atoms with van der Waals surface area (Å²) in [6.07, 6.45) is 6.54. The lowest BCUT2D eigenvalue weighted by Gasteiger charge is -2.19. The molecule has 0 unspecified atom stereocenters. The third-order valence-electron chi connectivity index (χ3n) is 2.65. The van der Waals surface area contributed by atoms with Gasteiger partial charge in [0.25, 0.3) is 0 Å². The van der Waals surface area contributed by atoms with Crippen LogP contribution in [0.4, 0.5) is 0 Å². The molecule has 0 N–H and O–H groups in total. The predicted octanol–water partition coefficient (Wildman–Crippen LogP) is 4.11. The molecule has 0 heterocycles. The van der Waals surface area contributed by atoms with Gasteiger partial charge in [0.15, 0.2) is 0 Å². The Morgan fingerprint density at radius 3 is 2.35 bits per heavy atom. The first-order valence-electron chi connectivity index (χ1n) is 6.14. The molecular formula is C16H23N. The van der Waals surface area contributed by atoms with Gasteiger partial charge < -0.3 is 4.90 Å². The molecule has 92 valence electrons. The smallest absolute Gasteiger partial charge is 0.0437 e. The fourth-order valence-electron chi connectivity index (χ4n) is 1.71. The number of hydrogen-bond donors (Lipinski definition) is 0. The summed E-state index contributed by atoms with van der Waals surface area (Å²) in [6.45, 7) is 6.53. The Morgan fingerprint density at radius 2 is 1.82 bits per heavy atom. The van der Waals surface area contributed by atoms with Crippen LogP contribution >= 0.6 is 0 Å². The average molecular weight is 229 g/mol. The van der Waals surface area contributed by atoms with Gasteiger partial charge in [0.1, 0.15) is 0 Å². The molecule has 1 rings (SSSR count). The normalized spacial score (nSPS) is 12.5. The van der Waals surface area contributed by atoms with E-state index in [-0.39, 0.29) is 0 Å². The van der Waals surface area contributed by atoms with Crippen molar-refractivity contribution in [2.45, 2.75) is 20.8 Å². The monoisotopic (exact) mass is 229 g/mol. The van der Waals surface area contributed by atoms with Gasteiger partial charge in [-0.1, -0.05) is 50.3 Å². The number of nitrogens with zero attached hydrogens (tertiary/aromatic N) is 1. The Kier molecular flexibility index (Phi) is 5.02. The summed E-state index contributed by atoms with van der Waals surface area (Å²) in [5.41, 5.74) is 3.86. The fraction of sp³-hybridized carbons (Fsp3) is 0.375. The van der Waals surface area contributed by atoms with Crippen molar-refractivity contribution in [3.8, 4) is 0 Å². The SMILES string of the molecule is Cc1ccccc1/C(=C/C=C/C(C)C)N(C)C. The van der Waals surface area contributed by atoms with Crippen molar-refractivity contribution in [2.24, 2.45) is 5.92 Å². The highest BCUT2D eigenvalue weighted by molar-refractivity contribution is 5.67. The first-order chi connectivity index (χ1) is 8.02. The van der Waals surface area contributed by atoms with Crippen molar-refractivity contribution in [1.29, 1.82) is 0 Å². The molecule has 1 aromatic carbocycles. The summed E-state index contributed by atoms with van der Waals surface area (Å²) in [4.78, 5) is 2.16. The van der Waals surface area contributed by atoms with Crippen LogP contribution in [0.3, 0.4) is 0 Å². The summed E-state index contributed by atoms with van der Waals surface area (Å²) in [6, 6.07) is 8.49. The van der Waals surface area contributed by atoms with E-state index >= 15 is 0 Å². The molecular weight excluding hydrogens is 206 g/mol. The van der Waals surface area contributed by atoms with Crippen LogP contribution in [0.2, 0.25) is 0 Å². The van der Waals surface area contributed by atoms with Gasteiger partial charge in [-0.2, -0.15) is 0 Å². The zero-order chi connectivity index (χ0) is 12.8. The van der Waals surface area contributed by atoms with Gasteiger partial charge in [0.2, 0.25) is 0 Å². The van der Waals surface area contributed by atoms with Gasteiger partial charge in [-0.05, 0) is 24.5 Å². The van der Waals surface area contributed by atoms with Crippen molar-refractivity contribution in [3.05, 3.63) is 53.6 Å². The van der Waals surface area contributed by atoms with E-state index < -0.39 is 0 Å². The Labute approximate surface area is 105 Å². The summed E-state index contributed by atoms with van der Waals surface area (Å²) in [5.74, 6) is 0.589. The third-order valence-corrected chi connectivity index (χ3v) is 2.65. The van der Waals surface area contributed by atoms with E-state index in [1.165, 1.54) is 16.8 Å². The second-order valence-corrected chi connectivity index (χ2v) is 4.89. The third kappa shape index (κ3) is 4.10. The van der Waals surface area contributed by atoms with Crippen molar-refractivity contribution in [3.63, 3.8) is 0 Å². The molecule has 0 saturated heterocycles. The number of rotatable bonds is 4. The Bertz CT molecular complexity index is 411. The van der Waals surface area contributed by atoms with Gasteiger partial charge in [0.05, 0.1) is 0 Å². The van der Waals surface area contributed by atoms with E-state index in [1.54, 1.807) is 0 Å². The van der Waals surface area contributed by atoms with Crippen LogP contribution in [0.5, 0.6) is 0 Å². The maximum absolute atomic E-state index is 2.21. The molecule has 0 radical (unpaired) electrons. The van der Waals surface area contributed by atoms with Crippen molar-refractivity contribution >= 4 is 5.70 Å². The van der Waals surface area contributed by atoms with E-state index in [2.05, 4.69) is 82.3 Å². The minimum Gasteiger partial charge on any atom is -0.377 e. The van der Waals surface area contributed by atoms with Crippen molar-refractivity contribution < 1.29 is 0 Å². The minimum absolute atomic E-state index is 0.589. The number of allylic oxidation sites excluding steroid dienone is 3. The molecule has 0 fully saturated rings. The summed E-state index contributed by atoms with van der Waals surface area (Å²) in [5, 5.41) is 0. The predicted molar refractivity (Wildman–Crippen MR) is 76.8 cm³/mol.